The summed E-state index contributed by atoms with van der Waals surface area (Å²) < 4.78 is 28.7. The summed E-state index contributed by atoms with van der Waals surface area (Å²) in [6, 6.07) is 18.4. The van der Waals surface area contributed by atoms with E-state index < -0.39 is 29.2 Å². The van der Waals surface area contributed by atoms with Gasteiger partial charge in [0.1, 0.15) is 11.6 Å². The number of amides is 1. The minimum Gasteiger partial charge on any atom is -0.480 e. The molecule has 42 heavy (non-hydrogen) atoms. The number of hydrogen-bond acceptors (Lipinski definition) is 4. The minimum absolute atomic E-state index is 0.161. The number of carboxylic acid groups (broad SMARTS) is 1. The van der Waals surface area contributed by atoms with Crippen LogP contribution in [0.25, 0.3) is 22.1 Å². The number of carbonyl (C=O) groups excluding carboxylic acids is 1. The number of anilines is 2. The highest BCUT2D eigenvalue weighted by Crippen LogP contribution is 2.30. The molecule has 0 radical (unpaired) electrons. The third-order valence-corrected chi connectivity index (χ3v) is 7.41. The maximum atomic E-state index is 13.2. The number of hydrogen-bond donors (Lipinski definition) is 3. The number of nitrogens with one attached hydrogen (secondary N) is 1. The lowest BCUT2D eigenvalue weighted by molar-refractivity contribution is -0.139. The zero-order valence-electron chi connectivity index (χ0n) is 24.4. The van der Waals surface area contributed by atoms with Crippen LogP contribution in [0, 0.1) is 30.1 Å². The molecule has 0 aliphatic carbocycles. The molecular formula is C33H34N2O6S. The first kappa shape index (κ1) is 30.6. The van der Waals surface area contributed by atoms with Crippen LogP contribution in [-0.4, -0.2) is 31.8 Å². The van der Waals surface area contributed by atoms with E-state index in [4.69, 9.17) is 4.42 Å². The first-order chi connectivity index (χ1) is 19.8. The third kappa shape index (κ3) is 6.73. The van der Waals surface area contributed by atoms with Crippen LogP contribution >= 0.6 is 0 Å². The topological polar surface area (TPSA) is 120 Å². The highest BCUT2D eigenvalue weighted by molar-refractivity contribution is 7.80. The summed E-state index contributed by atoms with van der Waals surface area (Å²) in [5.74, 6) is 4.74. The molecule has 1 heterocycles. The number of aryl methyl sites for hydroxylation is 1. The van der Waals surface area contributed by atoms with Crippen molar-refractivity contribution < 1.29 is 27.9 Å². The number of carboxylic acids is 1. The molecule has 1 aromatic heterocycles. The standard InChI is InChI=1S/C33H34N2O6S/c1-20(2)29(32(37)38)35(42(39)40)26-16-12-23(13-17-26)22-10-14-25(15-11-22)34-31(36)30-21(3)28-24(18-19-33(4,5)6)8-7-9-27(28)41-30/h7-17,20,29H,1-6H3,(H,34,36)(H,37,38)(H,39,40). The van der Waals surface area contributed by atoms with E-state index in [2.05, 4.69) is 17.2 Å². The number of nitrogens with zero attached hydrogens (tertiary/aromatic N) is 1. The van der Waals surface area contributed by atoms with Crippen LogP contribution in [0.1, 0.15) is 56.3 Å². The lowest BCUT2D eigenvalue weighted by Gasteiger charge is -2.29. The number of aliphatic carboxylic acids is 1. The summed E-state index contributed by atoms with van der Waals surface area (Å²) in [6.45, 7) is 11.3. The van der Waals surface area contributed by atoms with Crippen molar-refractivity contribution in [3.63, 3.8) is 0 Å². The van der Waals surface area contributed by atoms with Crippen molar-refractivity contribution in [3.8, 4) is 23.0 Å². The number of fused-ring (bicyclic) bond motifs is 1. The maximum Gasteiger partial charge on any atom is 0.327 e. The fourth-order valence-corrected chi connectivity index (χ4v) is 5.45. The molecule has 0 fully saturated rings. The zero-order valence-corrected chi connectivity index (χ0v) is 25.2. The van der Waals surface area contributed by atoms with E-state index in [1.165, 1.54) is 0 Å². The summed E-state index contributed by atoms with van der Waals surface area (Å²) in [6.07, 6.45) is 0. The van der Waals surface area contributed by atoms with Gasteiger partial charge in [-0.2, -0.15) is 0 Å². The highest BCUT2D eigenvalue weighted by atomic mass is 32.2. The van der Waals surface area contributed by atoms with Crippen molar-refractivity contribution in [1.82, 2.24) is 0 Å². The average molecular weight is 587 g/mol. The van der Waals surface area contributed by atoms with E-state index in [0.29, 0.717) is 17.0 Å². The molecule has 2 atom stereocenters. The Morgan fingerprint density at radius 1 is 0.976 bits per heavy atom. The highest BCUT2D eigenvalue weighted by Gasteiger charge is 2.32. The van der Waals surface area contributed by atoms with Crippen LogP contribution < -0.4 is 9.62 Å². The van der Waals surface area contributed by atoms with Gasteiger partial charge in [0.05, 0.1) is 5.69 Å². The molecule has 4 aromatic rings. The lowest BCUT2D eigenvalue weighted by Crippen LogP contribution is -2.45. The van der Waals surface area contributed by atoms with Crippen molar-refractivity contribution >= 4 is 45.5 Å². The van der Waals surface area contributed by atoms with Crippen LogP contribution in [0.15, 0.2) is 71.1 Å². The molecule has 0 saturated carbocycles. The molecular weight excluding hydrogens is 552 g/mol. The first-order valence-corrected chi connectivity index (χ1v) is 14.5. The van der Waals surface area contributed by atoms with Gasteiger partial charge in [0.25, 0.3) is 17.2 Å². The summed E-state index contributed by atoms with van der Waals surface area (Å²) >= 11 is -2.52. The smallest absolute Gasteiger partial charge is 0.327 e. The monoisotopic (exact) mass is 586 g/mol. The summed E-state index contributed by atoms with van der Waals surface area (Å²) in [5, 5.41) is 13.3. The van der Waals surface area contributed by atoms with Crippen LogP contribution in [0.2, 0.25) is 0 Å². The van der Waals surface area contributed by atoms with Crippen LogP contribution in [-0.2, 0) is 16.1 Å². The van der Waals surface area contributed by atoms with Crippen LogP contribution in [0.4, 0.5) is 11.4 Å². The summed E-state index contributed by atoms with van der Waals surface area (Å²) in [5.41, 5.74) is 4.53. The second-order valence-corrected chi connectivity index (χ2v) is 12.3. The molecule has 3 aromatic carbocycles. The maximum absolute atomic E-state index is 13.2. The summed E-state index contributed by atoms with van der Waals surface area (Å²) in [7, 11) is 0. The fourth-order valence-electron chi connectivity index (χ4n) is 4.62. The van der Waals surface area contributed by atoms with Crippen molar-refractivity contribution in [3.05, 3.63) is 83.6 Å². The van der Waals surface area contributed by atoms with E-state index in [0.717, 1.165) is 31.9 Å². The molecule has 0 aliphatic heterocycles. The number of benzene rings is 3. The zero-order chi connectivity index (χ0) is 30.8. The van der Waals surface area contributed by atoms with Gasteiger partial charge >= 0.3 is 5.97 Å². The van der Waals surface area contributed by atoms with Gasteiger partial charge in [-0.3, -0.25) is 13.7 Å². The largest absolute Gasteiger partial charge is 0.480 e. The van der Waals surface area contributed by atoms with Crippen LogP contribution in [0.5, 0.6) is 0 Å². The van der Waals surface area contributed by atoms with Gasteiger partial charge in [0.15, 0.2) is 5.76 Å². The molecule has 2 unspecified atom stereocenters. The molecule has 0 bridgehead atoms. The van der Waals surface area contributed by atoms with Gasteiger partial charge in [-0.1, -0.05) is 56.0 Å². The van der Waals surface area contributed by atoms with Gasteiger partial charge in [0.2, 0.25) is 0 Å². The Balaban J connectivity index is 1.53. The molecule has 9 heteroatoms. The Hall–Kier alpha value is -4.39. The van der Waals surface area contributed by atoms with E-state index in [1.807, 2.05) is 58.0 Å². The molecule has 0 aliphatic rings. The molecule has 3 N–H and O–H groups in total. The first-order valence-electron chi connectivity index (χ1n) is 13.5. The SMILES string of the molecule is Cc1c(C(=O)Nc2ccc(-c3ccc(N(C(C(=O)O)C(C)C)S(=O)O)cc3)cc2)oc2cccc(C#CC(C)(C)C)c12. The third-order valence-electron chi connectivity index (χ3n) is 6.64. The Morgan fingerprint density at radius 3 is 2.10 bits per heavy atom. The average Bonchev–Trinajstić information content (AvgIpc) is 3.27. The summed E-state index contributed by atoms with van der Waals surface area (Å²) in [4.78, 5) is 24.9. The minimum atomic E-state index is -2.52. The molecule has 218 valence electrons. The Morgan fingerprint density at radius 2 is 1.57 bits per heavy atom. The molecule has 0 saturated heterocycles. The van der Waals surface area contributed by atoms with Crippen molar-refractivity contribution in [2.24, 2.45) is 11.3 Å². The van der Waals surface area contributed by atoms with E-state index in [1.54, 1.807) is 50.2 Å². The second-order valence-electron chi connectivity index (χ2n) is 11.4. The number of rotatable bonds is 8. The Labute approximate surface area is 248 Å². The van der Waals surface area contributed by atoms with Crippen molar-refractivity contribution in [1.29, 1.82) is 0 Å². The molecule has 4 rings (SSSR count). The Kier molecular flexibility index (Phi) is 8.90. The van der Waals surface area contributed by atoms with Gasteiger partial charge < -0.3 is 14.8 Å². The van der Waals surface area contributed by atoms with Crippen LogP contribution in [0.3, 0.4) is 0 Å². The van der Waals surface area contributed by atoms with Gasteiger partial charge in [-0.25, -0.2) is 9.00 Å². The van der Waals surface area contributed by atoms with E-state index in [-0.39, 0.29) is 17.1 Å². The number of carbonyl (C=O) groups is 2. The molecule has 0 spiro atoms. The van der Waals surface area contributed by atoms with Gasteiger partial charge in [-0.15, -0.1) is 0 Å². The predicted octanol–water partition coefficient (Wildman–Crippen LogP) is 7.11. The van der Waals surface area contributed by atoms with Gasteiger partial charge in [-0.05, 0) is 81.1 Å². The normalized spacial score (nSPS) is 12.9. The quantitative estimate of drug-likeness (QED) is 0.149. The van der Waals surface area contributed by atoms with Crippen molar-refractivity contribution in [2.75, 3.05) is 9.62 Å². The Bertz CT molecular complexity index is 1700. The van der Waals surface area contributed by atoms with Gasteiger partial charge in [0, 0.05) is 27.6 Å². The molecule has 1 amide bonds. The lowest BCUT2D eigenvalue weighted by atomic mass is 9.96. The van der Waals surface area contributed by atoms with Crippen molar-refractivity contribution in [2.45, 2.75) is 47.6 Å². The predicted molar refractivity (Wildman–Crippen MR) is 167 cm³/mol. The second kappa shape index (κ2) is 12.2. The van der Waals surface area contributed by atoms with E-state index >= 15 is 0 Å². The molecule has 8 nitrogen and oxygen atoms in total. The number of furan rings is 1. The fraction of sp³-hybridized carbons (Fsp3) is 0.273. The van der Waals surface area contributed by atoms with E-state index in [9.17, 15) is 23.5 Å².